The molecular formula is C15H12F5NO. The van der Waals surface area contributed by atoms with Crippen LogP contribution in [0.3, 0.4) is 0 Å². The monoisotopic (exact) mass is 317 g/mol. The lowest BCUT2D eigenvalue weighted by molar-refractivity contribution is 0.101. The Labute approximate surface area is 123 Å². The van der Waals surface area contributed by atoms with E-state index in [4.69, 9.17) is 10.5 Å². The number of nitrogen functional groups attached to an aromatic ring is 1. The maximum atomic E-state index is 13.4. The highest BCUT2D eigenvalue weighted by molar-refractivity contribution is 5.48. The summed E-state index contributed by atoms with van der Waals surface area (Å²) >= 11 is 0. The third kappa shape index (κ3) is 3.04. The average Bonchev–Trinajstić information content (AvgIpc) is 2.48. The molecule has 118 valence electrons. The van der Waals surface area contributed by atoms with Crippen molar-refractivity contribution in [1.29, 1.82) is 0 Å². The Bertz CT molecular complexity index is 689. The van der Waals surface area contributed by atoms with Crippen LogP contribution in [0, 0.1) is 36.0 Å². The molecule has 0 unspecified atom stereocenters. The van der Waals surface area contributed by atoms with Crippen molar-refractivity contribution in [3.8, 4) is 0 Å². The maximum Gasteiger partial charge on any atom is 0.200 e. The van der Waals surface area contributed by atoms with Gasteiger partial charge in [0.2, 0.25) is 5.82 Å². The summed E-state index contributed by atoms with van der Waals surface area (Å²) in [4.78, 5) is 0. The molecule has 0 atom stereocenters. The fourth-order valence-corrected chi connectivity index (χ4v) is 1.89. The highest BCUT2D eigenvalue weighted by Crippen LogP contribution is 2.24. The number of hydrogen-bond acceptors (Lipinski definition) is 2. The smallest absolute Gasteiger partial charge is 0.200 e. The minimum atomic E-state index is -2.19. The second-order valence-corrected chi connectivity index (χ2v) is 4.74. The van der Waals surface area contributed by atoms with Crippen LogP contribution in [0.1, 0.15) is 16.7 Å². The van der Waals surface area contributed by atoms with Crippen LogP contribution in [0.5, 0.6) is 0 Å². The molecule has 0 amide bonds. The Morgan fingerprint density at radius 2 is 1.41 bits per heavy atom. The fourth-order valence-electron chi connectivity index (χ4n) is 1.89. The molecule has 2 aromatic carbocycles. The van der Waals surface area contributed by atoms with Gasteiger partial charge in [0.1, 0.15) is 0 Å². The summed E-state index contributed by atoms with van der Waals surface area (Å²) in [5, 5.41) is 0. The van der Waals surface area contributed by atoms with E-state index in [0.717, 1.165) is 5.56 Å². The molecule has 0 fully saturated rings. The summed E-state index contributed by atoms with van der Waals surface area (Å²) in [5.41, 5.74) is 6.60. The highest BCUT2D eigenvalue weighted by atomic mass is 19.2. The van der Waals surface area contributed by atoms with E-state index in [1.807, 2.05) is 6.92 Å². The first kappa shape index (κ1) is 16.2. The number of aryl methyl sites for hydroxylation is 1. The van der Waals surface area contributed by atoms with Gasteiger partial charge in [-0.25, -0.2) is 22.0 Å². The average molecular weight is 317 g/mol. The highest BCUT2D eigenvalue weighted by Gasteiger charge is 2.25. The second-order valence-electron chi connectivity index (χ2n) is 4.74. The van der Waals surface area contributed by atoms with Crippen LogP contribution >= 0.6 is 0 Å². The lowest BCUT2D eigenvalue weighted by Gasteiger charge is -2.10. The number of ether oxygens (including phenoxy) is 1. The number of hydrogen-bond donors (Lipinski definition) is 1. The molecule has 0 aromatic heterocycles. The second kappa shape index (κ2) is 6.31. The Hall–Kier alpha value is -2.15. The Morgan fingerprint density at radius 1 is 0.864 bits per heavy atom. The molecule has 2 rings (SSSR count). The van der Waals surface area contributed by atoms with Crippen molar-refractivity contribution in [2.24, 2.45) is 0 Å². The molecule has 2 aromatic rings. The first-order chi connectivity index (χ1) is 10.3. The number of anilines is 1. The third-order valence-corrected chi connectivity index (χ3v) is 3.11. The molecule has 7 heteroatoms. The minimum absolute atomic E-state index is 0.119. The number of benzene rings is 2. The summed E-state index contributed by atoms with van der Waals surface area (Å²) in [6.07, 6.45) is 0. The molecule has 0 aliphatic rings. The molecule has 0 heterocycles. The summed E-state index contributed by atoms with van der Waals surface area (Å²) in [7, 11) is 0. The molecule has 0 spiro atoms. The van der Waals surface area contributed by atoms with E-state index in [1.165, 1.54) is 0 Å². The zero-order valence-corrected chi connectivity index (χ0v) is 11.5. The molecule has 0 saturated heterocycles. The Morgan fingerprint density at radius 3 is 1.95 bits per heavy atom. The molecule has 0 aliphatic heterocycles. The van der Waals surface area contributed by atoms with Crippen LogP contribution in [-0.4, -0.2) is 0 Å². The third-order valence-electron chi connectivity index (χ3n) is 3.11. The van der Waals surface area contributed by atoms with Gasteiger partial charge in [0.05, 0.1) is 18.8 Å². The molecule has 2 nitrogen and oxygen atoms in total. The van der Waals surface area contributed by atoms with Crippen molar-refractivity contribution in [3.05, 3.63) is 64.0 Å². The normalized spacial score (nSPS) is 11.0. The number of halogens is 5. The predicted molar refractivity (Wildman–Crippen MR) is 70.3 cm³/mol. The predicted octanol–water partition coefficient (Wildman–Crippen LogP) is 3.99. The zero-order valence-electron chi connectivity index (χ0n) is 11.5. The summed E-state index contributed by atoms with van der Waals surface area (Å²) in [6.45, 7) is 0.945. The molecular weight excluding hydrogens is 305 g/mol. The van der Waals surface area contributed by atoms with Gasteiger partial charge in [-0.2, -0.15) is 0 Å². The molecule has 0 aliphatic carbocycles. The van der Waals surface area contributed by atoms with Crippen molar-refractivity contribution in [2.45, 2.75) is 20.1 Å². The summed E-state index contributed by atoms with van der Waals surface area (Å²) in [6, 6.07) is 5.09. The molecule has 0 bridgehead atoms. The van der Waals surface area contributed by atoms with Crippen LogP contribution in [0.25, 0.3) is 0 Å². The minimum Gasteiger partial charge on any atom is -0.398 e. The van der Waals surface area contributed by atoms with Gasteiger partial charge in [-0.3, -0.25) is 0 Å². The van der Waals surface area contributed by atoms with Crippen LogP contribution < -0.4 is 5.73 Å². The van der Waals surface area contributed by atoms with E-state index in [9.17, 15) is 22.0 Å². The van der Waals surface area contributed by atoms with Crippen LogP contribution in [0.4, 0.5) is 27.6 Å². The van der Waals surface area contributed by atoms with Gasteiger partial charge in [0, 0.05) is 11.3 Å². The van der Waals surface area contributed by atoms with Crippen molar-refractivity contribution in [1.82, 2.24) is 0 Å². The van der Waals surface area contributed by atoms with Gasteiger partial charge in [-0.15, -0.1) is 0 Å². The maximum absolute atomic E-state index is 13.4. The van der Waals surface area contributed by atoms with E-state index < -0.39 is 41.3 Å². The Balaban J connectivity index is 2.16. The van der Waals surface area contributed by atoms with Gasteiger partial charge in [-0.05, 0) is 18.6 Å². The molecule has 0 radical (unpaired) electrons. The fraction of sp³-hybridized carbons (Fsp3) is 0.200. The summed E-state index contributed by atoms with van der Waals surface area (Å²) < 4.78 is 70.8. The van der Waals surface area contributed by atoms with E-state index >= 15 is 0 Å². The van der Waals surface area contributed by atoms with E-state index in [1.54, 1.807) is 18.2 Å². The largest absolute Gasteiger partial charge is 0.398 e. The quantitative estimate of drug-likeness (QED) is 0.400. The van der Waals surface area contributed by atoms with Gasteiger partial charge in [-0.1, -0.05) is 12.1 Å². The molecule has 2 N–H and O–H groups in total. The van der Waals surface area contributed by atoms with Crippen molar-refractivity contribution in [2.75, 3.05) is 5.73 Å². The molecule has 0 saturated carbocycles. The lowest BCUT2D eigenvalue weighted by Crippen LogP contribution is -2.09. The van der Waals surface area contributed by atoms with Crippen LogP contribution in [-0.2, 0) is 18.0 Å². The standard InChI is InChI=1S/C15H12F5NO/c1-7-2-3-8(10(21)4-7)5-22-6-9-11(16)13(18)15(20)14(19)12(9)17/h2-4H,5-6,21H2,1H3. The van der Waals surface area contributed by atoms with Crippen molar-refractivity contribution < 1.29 is 26.7 Å². The van der Waals surface area contributed by atoms with Gasteiger partial charge in [0.15, 0.2) is 23.3 Å². The summed E-state index contributed by atoms with van der Waals surface area (Å²) in [5.74, 6) is -9.97. The van der Waals surface area contributed by atoms with Gasteiger partial charge < -0.3 is 10.5 Å². The number of nitrogens with two attached hydrogens (primary N) is 1. The van der Waals surface area contributed by atoms with E-state index in [-0.39, 0.29) is 6.61 Å². The zero-order chi connectivity index (χ0) is 16.4. The first-order valence-electron chi connectivity index (χ1n) is 6.26. The van der Waals surface area contributed by atoms with Crippen LogP contribution in [0.15, 0.2) is 18.2 Å². The first-order valence-corrected chi connectivity index (χ1v) is 6.26. The van der Waals surface area contributed by atoms with Crippen LogP contribution in [0.2, 0.25) is 0 Å². The van der Waals surface area contributed by atoms with E-state index in [0.29, 0.717) is 11.3 Å². The lowest BCUT2D eigenvalue weighted by atomic mass is 10.1. The SMILES string of the molecule is Cc1ccc(COCc2c(F)c(F)c(F)c(F)c2F)c(N)c1. The van der Waals surface area contributed by atoms with Crippen molar-refractivity contribution in [3.63, 3.8) is 0 Å². The van der Waals surface area contributed by atoms with Gasteiger partial charge >= 0.3 is 0 Å². The van der Waals surface area contributed by atoms with Gasteiger partial charge in [0.25, 0.3) is 0 Å². The van der Waals surface area contributed by atoms with E-state index in [2.05, 4.69) is 0 Å². The number of rotatable bonds is 4. The molecule has 22 heavy (non-hydrogen) atoms. The van der Waals surface area contributed by atoms with Crippen molar-refractivity contribution >= 4 is 5.69 Å². The Kier molecular flexibility index (Phi) is 4.65. The topological polar surface area (TPSA) is 35.2 Å².